The quantitative estimate of drug-likeness (QED) is 0.766. The summed E-state index contributed by atoms with van der Waals surface area (Å²) in [7, 11) is 0. The normalized spacial score (nSPS) is 11.1. The van der Waals surface area contributed by atoms with E-state index in [0.29, 0.717) is 34.9 Å². The van der Waals surface area contributed by atoms with Crippen LogP contribution in [0.25, 0.3) is 10.8 Å². The Kier molecular flexibility index (Phi) is 4.83. The molecule has 0 saturated carbocycles. The van der Waals surface area contributed by atoms with Crippen LogP contribution >= 0.6 is 22.9 Å². The van der Waals surface area contributed by atoms with Crippen molar-refractivity contribution in [2.45, 2.75) is 27.2 Å². The van der Waals surface area contributed by atoms with E-state index in [2.05, 4.69) is 18.8 Å². The molecule has 2 aromatic heterocycles. The number of ether oxygens (including phenoxy) is 1. The second-order valence-electron chi connectivity index (χ2n) is 4.72. The minimum atomic E-state index is -0.468. The molecule has 20 heavy (non-hydrogen) atoms. The van der Waals surface area contributed by atoms with Crippen LogP contribution in [0.15, 0.2) is 16.5 Å². The SMILES string of the molecule is CCOC(=O)c1oc(-c2ccc(Cl)s2)nc1CC(C)C. The number of oxazole rings is 1. The predicted molar refractivity (Wildman–Crippen MR) is 79.3 cm³/mol. The van der Waals surface area contributed by atoms with E-state index in [9.17, 15) is 4.79 Å². The van der Waals surface area contributed by atoms with Gasteiger partial charge in [0.2, 0.25) is 11.7 Å². The van der Waals surface area contributed by atoms with Crippen LogP contribution in [0.1, 0.15) is 37.0 Å². The van der Waals surface area contributed by atoms with Gasteiger partial charge in [0.25, 0.3) is 0 Å². The highest BCUT2D eigenvalue weighted by Crippen LogP contribution is 2.32. The summed E-state index contributed by atoms with van der Waals surface area (Å²) in [5.41, 5.74) is 0.637. The van der Waals surface area contributed by atoms with E-state index >= 15 is 0 Å². The summed E-state index contributed by atoms with van der Waals surface area (Å²) in [6, 6.07) is 3.60. The Bertz CT molecular complexity index is 603. The Morgan fingerprint density at radius 1 is 1.50 bits per heavy atom. The van der Waals surface area contributed by atoms with Gasteiger partial charge in [-0.1, -0.05) is 25.4 Å². The molecule has 0 aliphatic rings. The number of nitrogens with zero attached hydrogens (tertiary/aromatic N) is 1. The lowest BCUT2D eigenvalue weighted by Crippen LogP contribution is -2.08. The fourth-order valence-electron chi connectivity index (χ4n) is 1.77. The zero-order valence-electron chi connectivity index (χ0n) is 11.6. The van der Waals surface area contributed by atoms with E-state index in [-0.39, 0.29) is 5.76 Å². The lowest BCUT2D eigenvalue weighted by atomic mass is 10.1. The molecule has 0 aliphatic carbocycles. The topological polar surface area (TPSA) is 52.3 Å². The molecule has 0 amide bonds. The molecule has 0 fully saturated rings. The molecule has 0 aliphatic heterocycles. The molecule has 2 aromatic rings. The highest BCUT2D eigenvalue weighted by Gasteiger charge is 2.23. The van der Waals surface area contributed by atoms with Crippen LogP contribution < -0.4 is 0 Å². The first-order valence-corrected chi connectivity index (χ1v) is 7.63. The van der Waals surface area contributed by atoms with E-state index < -0.39 is 5.97 Å². The predicted octanol–water partition coefficient (Wildman–Crippen LogP) is 4.43. The Morgan fingerprint density at radius 3 is 2.80 bits per heavy atom. The van der Waals surface area contributed by atoms with Crippen molar-refractivity contribution in [2.24, 2.45) is 5.92 Å². The first-order valence-electron chi connectivity index (χ1n) is 6.43. The van der Waals surface area contributed by atoms with E-state index in [1.807, 2.05) is 6.07 Å². The highest BCUT2D eigenvalue weighted by molar-refractivity contribution is 7.19. The number of hydrogen-bond acceptors (Lipinski definition) is 5. The molecule has 4 nitrogen and oxygen atoms in total. The van der Waals surface area contributed by atoms with Crippen LogP contribution in [-0.4, -0.2) is 17.6 Å². The van der Waals surface area contributed by atoms with E-state index in [0.717, 1.165) is 4.88 Å². The van der Waals surface area contributed by atoms with Crippen molar-refractivity contribution < 1.29 is 13.9 Å². The molecular weight excluding hydrogens is 298 g/mol. The Labute approximate surface area is 126 Å². The van der Waals surface area contributed by atoms with Gasteiger partial charge in [0.15, 0.2) is 0 Å². The van der Waals surface area contributed by atoms with Crippen molar-refractivity contribution in [2.75, 3.05) is 6.61 Å². The third kappa shape index (κ3) is 3.41. The summed E-state index contributed by atoms with van der Waals surface area (Å²) in [6.45, 7) is 6.19. The molecule has 0 bridgehead atoms. The van der Waals surface area contributed by atoms with E-state index in [1.165, 1.54) is 11.3 Å². The third-order valence-electron chi connectivity index (χ3n) is 2.54. The zero-order chi connectivity index (χ0) is 14.7. The number of halogens is 1. The molecule has 2 rings (SSSR count). The molecule has 0 aromatic carbocycles. The summed E-state index contributed by atoms with van der Waals surface area (Å²) in [4.78, 5) is 17.1. The smallest absolute Gasteiger partial charge is 0.376 e. The van der Waals surface area contributed by atoms with Crippen molar-refractivity contribution in [1.29, 1.82) is 0 Å². The average Bonchev–Trinajstić information content (AvgIpc) is 2.95. The Hall–Kier alpha value is -1.33. The summed E-state index contributed by atoms with van der Waals surface area (Å²) >= 11 is 7.27. The summed E-state index contributed by atoms with van der Waals surface area (Å²) in [5.74, 6) is 0.512. The molecule has 0 spiro atoms. The molecule has 0 radical (unpaired) electrons. The van der Waals surface area contributed by atoms with Crippen LogP contribution in [0.3, 0.4) is 0 Å². The first-order chi connectivity index (χ1) is 9.51. The average molecular weight is 314 g/mol. The van der Waals surface area contributed by atoms with Gasteiger partial charge in [-0.3, -0.25) is 0 Å². The second-order valence-corrected chi connectivity index (χ2v) is 6.43. The van der Waals surface area contributed by atoms with Gasteiger partial charge in [0.05, 0.1) is 21.5 Å². The number of rotatable bonds is 5. The molecule has 2 heterocycles. The molecule has 0 unspecified atom stereocenters. The number of esters is 1. The maximum absolute atomic E-state index is 11.9. The van der Waals surface area contributed by atoms with Crippen molar-refractivity contribution in [1.82, 2.24) is 4.98 Å². The van der Waals surface area contributed by atoms with Crippen LogP contribution in [-0.2, 0) is 11.2 Å². The number of carbonyl (C=O) groups is 1. The van der Waals surface area contributed by atoms with Crippen LogP contribution in [0.5, 0.6) is 0 Å². The van der Waals surface area contributed by atoms with Crippen molar-refractivity contribution in [3.05, 3.63) is 27.9 Å². The molecule has 0 saturated heterocycles. The van der Waals surface area contributed by atoms with Gasteiger partial charge < -0.3 is 9.15 Å². The van der Waals surface area contributed by atoms with Gasteiger partial charge in [-0.2, -0.15) is 0 Å². The minimum absolute atomic E-state index is 0.195. The van der Waals surface area contributed by atoms with Crippen LogP contribution in [0.2, 0.25) is 4.34 Å². The van der Waals surface area contributed by atoms with Gasteiger partial charge in [0.1, 0.15) is 0 Å². The number of aromatic nitrogens is 1. The fraction of sp³-hybridized carbons (Fsp3) is 0.429. The lowest BCUT2D eigenvalue weighted by Gasteiger charge is -2.02. The molecule has 0 atom stereocenters. The zero-order valence-corrected chi connectivity index (χ0v) is 13.2. The number of carbonyl (C=O) groups excluding carboxylic acids is 1. The molecule has 6 heteroatoms. The summed E-state index contributed by atoms with van der Waals surface area (Å²) < 4.78 is 11.3. The summed E-state index contributed by atoms with van der Waals surface area (Å²) in [5, 5.41) is 0. The van der Waals surface area contributed by atoms with E-state index in [1.54, 1.807) is 13.0 Å². The van der Waals surface area contributed by atoms with E-state index in [4.69, 9.17) is 20.8 Å². The molecule has 108 valence electrons. The van der Waals surface area contributed by atoms with Crippen LogP contribution in [0.4, 0.5) is 0 Å². The largest absolute Gasteiger partial charge is 0.460 e. The standard InChI is InChI=1S/C14H16ClNO3S/c1-4-18-14(17)12-9(7-8(2)3)16-13(19-12)10-5-6-11(15)20-10/h5-6,8H,4,7H2,1-3H3. The Morgan fingerprint density at radius 2 is 2.25 bits per heavy atom. The highest BCUT2D eigenvalue weighted by atomic mass is 35.5. The van der Waals surface area contributed by atoms with Crippen LogP contribution in [0, 0.1) is 5.92 Å². The number of hydrogen-bond donors (Lipinski definition) is 0. The molecule has 0 N–H and O–H groups in total. The van der Waals surface area contributed by atoms with Crippen molar-refractivity contribution in [3.63, 3.8) is 0 Å². The van der Waals surface area contributed by atoms with Gasteiger partial charge in [-0.25, -0.2) is 9.78 Å². The van der Waals surface area contributed by atoms with Crippen molar-refractivity contribution in [3.8, 4) is 10.8 Å². The summed E-state index contributed by atoms with van der Waals surface area (Å²) in [6.07, 6.45) is 0.663. The third-order valence-corrected chi connectivity index (χ3v) is 3.76. The second kappa shape index (κ2) is 6.41. The fourth-order valence-corrected chi connectivity index (χ4v) is 2.74. The van der Waals surface area contributed by atoms with Gasteiger partial charge in [-0.15, -0.1) is 11.3 Å². The minimum Gasteiger partial charge on any atom is -0.460 e. The van der Waals surface area contributed by atoms with Gasteiger partial charge >= 0.3 is 5.97 Å². The first kappa shape index (κ1) is 15.1. The van der Waals surface area contributed by atoms with Gasteiger partial charge in [0, 0.05) is 0 Å². The maximum atomic E-state index is 11.9. The lowest BCUT2D eigenvalue weighted by molar-refractivity contribution is 0.0489. The van der Waals surface area contributed by atoms with Gasteiger partial charge in [-0.05, 0) is 31.4 Å². The number of thiophene rings is 1. The maximum Gasteiger partial charge on any atom is 0.376 e. The molecular formula is C14H16ClNO3S. The van der Waals surface area contributed by atoms with Crippen molar-refractivity contribution >= 4 is 28.9 Å². The monoisotopic (exact) mass is 313 g/mol. The Balaban J connectivity index is 2.38.